The molecule has 0 aliphatic heterocycles. The lowest BCUT2D eigenvalue weighted by atomic mass is 10.4. The Labute approximate surface area is 56.7 Å². The highest BCUT2D eigenvalue weighted by atomic mass is 16.1. The predicted octanol–water partition coefficient (Wildman–Crippen LogP) is 1.46. The molecule has 0 saturated heterocycles. The molecule has 2 nitrogen and oxygen atoms in total. The molecule has 0 saturated carbocycles. The Hall–Kier alpha value is -0.790. The molecule has 54 valence electrons. The van der Waals surface area contributed by atoms with Crippen molar-refractivity contribution < 1.29 is 4.79 Å². The maximum atomic E-state index is 9.59. The lowest BCUT2D eigenvalue weighted by molar-refractivity contribution is -0.104. The van der Waals surface area contributed by atoms with E-state index in [1.54, 1.807) is 6.92 Å². The van der Waals surface area contributed by atoms with E-state index in [9.17, 15) is 4.79 Å². The molecule has 0 aromatic heterocycles. The molecule has 0 fully saturated rings. The van der Waals surface area contributed by atoms with Crippen molar-refractivity contribution in [2.45, 2.75) is 27.2 Å². The number of allylic oxidation sites excluding steroid dienone is 1. The topological polar surface area (TPSA) is 43.1 Å². The maximum Gasteiger partial charge on any atom is 0.147 e. The second-order valence-corrected chi connectivity index (χ2v) is 1.74. The van der Waals surface area contributed by atoms with Gasteiger partial charge in [0, 0.05) is 11.8 Å². The van der Waals surface area contributed by atoms with Crippen LogP contribution in [0.15, 0.2) is 11.8 Å². The minimum absolute atomic E-state index is 0.565. The van der Waals surface area contributed by atoms with E-state index < -0.39 is 0 Å². The van der Waals surface area contributed by atoms with Crippen molar-refractivity contribution in [3.05, 3.63) is 11.8 Å². The molecule has 0 radical (unpaired) electrons. The van der Waals surface area contributed by atoms with Gasteiger partial charge in [0.25, 0.3) is 0 Å². The molecule has 0 spiro atoms. The zero-order valence-corrected chi connectivity index (χ0v) is 6.35. The first-order valence-corrected chi connectivity index (χ1v) is 3.06. The first-order valence-electron chi connectivity index (χ1n) is 3.06. The third-order valence-corrected chi connectivity index (χ3v) is 0.449. The van der Waals surface area contributed by atoms with E-state index in [-0.39, 0.29) is 0 Å². The predicted molar refractivity (Wildman–Crippen MR) is 40.0 cm³/mol. The third kappa shape index (κ3) is 19.0. The smallest absolute Gasteiger partial charge is 0.147 e. The molecule has 0 atom stereocenters. The number of hydrogen-bond donors (Lipinski definition) is 1. The summed E-state index contributed by atoms with van der Waals surface area (Å²) in [6.07, 6.45) is 3.23. The summed E-state index contributed by atoms with van der Waals surface area (Å²) in [5.74, 6) is 0. The van der Waals surface area contributed by atoms with Crippen molar-refractivity contribution in [2.75, 3.05) is 0 Å². The summed E-state index contributed by atoms with van der Waals surface area (Å²) in [5.41, 5.74) is 5.45. The van der Waals surface area contributed by atoms with E-state index in [1.807, 2.05) is 0 Å². The molecule has 0 unspecified atom stereocenters. The zero-order valence-electron chi connectivity index (χ0n) is 6.35. The van der Waals surface area contributed by atoms with Crippen molar-refractivity contribution in [3.63, 3.8) is 0 Å². The molecule has 2 heteroatoms. The maximum absolute atomic E-state index is 9.59. The summed E-state index contributed by atoms with van der Waals surface area (Å²) in [6.45, 7) is 5.90. The van der Waals surface area contributed by atoms with Crippen LogP contribution >= 0.6 is 0 Å². The largest absolute Gasteiger partial charge is 0.404 e. The van der Waals surface area contributed by atoms with Crippen molar-refractivity contribution >= 4 is 6.29 Å². The van der Waals surface area contributed by atoms with Gasteiger partial charge in [0.1, 0.15) is 6.29 Å². The van der Waals surface area contributed by atoms with Crippen LogP contribution in [-0.4, -0.2) is 6.29 Å². The van der Waals surface area contributed by atoms with Gasteiger partial charge >= 0.3 is 0 Å². The van der Waals surface area contributed by atoms with Crippen LogP contribution in [0.1, 0.15) is 27.2 Å². The van der Waals surface area contributed by atoms with Gasteiger partial charge in [-0.15, -0.1) is 0 Å². The van der Waals surface area contributed by atoms with Crippen LogP contribution in [0, 0.1) is 0 Å². The van der Waals surface area contributed by atoms with Crippen LogP contribution < -0.4 is 5.73 Å². The molecule has 0 aromatic carbocycles. The SMILES string of the molecule is C/C(C=O)=C\N.CCC. The minimum Gasteiger partial charge on any atom is -0.404 e. The van der Waals surface area contributed by atoms with Crippen molar-refractivity contribution in [3.8, 4) is 0 Å². The minimum atomic E-state index is 0.565. The molecule has 0 rings (SSSR count). The van der Waals surface area contributed by atoms with E-state index >= 15 is 0 Å². The lowest BCUT2D eigenvalue weighted by Gasteiger charge is -1.74. The van der Waals surface area contributed by atoms with Crippen LogP contribution in [0.4, 0.5) is 0 Å². The van der Waals surface area contributed by atoms with Gasteiger partial charge in [-0.3, -0.25) is 4.79 Å². The lowest BCUT2D eigenvalue weighted by Crippen LogP contribution is -1.83. The number of carbonyl (C=O) groups excluding carboxylic acids is 1. The first kappa shape index (κ1) is 11.1. The van der Waals surface area contributed by atoms with Gasteiger partial charge in [-0.25, -0.2) is 0 Å². The van der Waals surface area contributed by atoms with Crippen molar-refractivity contribution in [2.24, 2.45) is 5.73 Å². The van der Waals surface area contributed by atoms with Gasteiger partial charge in [0.2, 0.25) is 0 Å². The second kappa shape index (κ2) is 10.2. The molecular weight excluding hydrogens is 114 g/mol. The van der Waals surface area contributed by atoms with E-state index in [0.717, 1.165) is 0 Å². The molecule has 0 aliphatic carbocycles. The normalized spacial score (nSPS) is 9.44. The molecule has 0 bridgehead atoms. The van der Waals surface area contributed by atoms with Crippen molar-refractivity contribution in [1.82, 2.24) is 0 Å². The van der Waals surface area contributed by atoms with Crippen LogP contribution in [0.25, 0.3) is 0 Å². The molecule has 0 heterocycles. The fraction of sp³-hybridized carbons (Fsp3) is 0.571. The summed E-state index contributed by atoms with van der Waals surface area (Å²) in [5, 5.41) is 0. The standard InChI is InChI=1S/C4H7NO.C3H8/c1-4(2-5)3-6;1-3-2/h2-3H,5H2,1H3;3H2,1-2H3/b4-2+;. The molecular formula is C7H15NO. The number of aldehydes is 1. The van der Waals surface area contributed by atoms with Gasteiger partial charge in [-0.1, -0.05) is 20.3 Å². The summed E-state index contributed by atoms with van der Waals surface area (Å²) in [4.78, 5) is 9.59. The Morgan fingerprint density at radius 1 is 1.56 bits per heavy atom. The van der Waals surface area contributed by atoms with E-state index in [2.05, 4.69) is 13.8 Å². The highest BCUT2D eigenvalue weighted by Gasteiger charge is 1.73. The van der Waals surface area contributed by atoms with Crippen LogP contribution in [0.2, 0.25) is 0 Å². The second-order valence-electron chi connectivity index (χ2n) is 1.74. The summed E-state index contributed by atoms with van der Waals surface area (Å²) < 4.78 is 0. The molecule has 0 amide bonds. The van der Waals surface area contributed by atoms with Crippen LogP contribution in [-0.2, 0) is 4.79 Å². The van der Waals surface area contributed by atoms with E-state index in [4.69, 9.17) is 5.73 Å². The van der Waals surface area contributed by atoms with Gasteiger partial charge in [0.05, 0.1) is 0 Å². The average molecular weight is 129 g/mol. The fourth-order valence-corrected chi connectivity index (χ4v) is 0.0393. The highest BCUT2D eigenvalue weighted by Crippen LogP contribution is 1.75. The Kier molecular flexibility index (Phi) is 12.6. The van der Waals surface area contributed by atoms with Crippen LogP contribution in [0.3, 0.4) is 0 Å². The third-order valence-electron chi connectivity index (χ3n) is 0.449. The monoisotopic (exact) mass is 129 g/mol. The first-order chi connectivity index (χ1) is 4.22. The van der Waals surface area contributed by atoms with E-state index in [1.165, 1.54) is 12.6 Å². The zero-order chi connectivity index (χ0) is 7.70. The van der Waals surface area contributed by atoms with Crippen molar-refractivity contribution in [1.29, 1.82) is 0 Å². The van der Waals surface area contributed by atoms with E-state index in [0.29, 0.717) is 11.9 Å². The Morgan fingerprint density at radius 3 is 1.89 bits per heavy atom. The number of nitrogens with two attached hydrogens (primary N) is 1. The average Bonchev–Trinajstić information content (AvgIpc) is 1.88. The Morgan fingerprint density at radius 2 is 1.89 bits per heavy atom. The molecule has 0 aromatic rings. The fourth-order valence-electron chi connectivity index (χ4n) is 0.0393. The number of hydrogen-bond acceptors (Lipinski definition) is 2. The van der Waals surface area contributed by atoms with Gasteiger partial charge in [-0.2, -0.15) is 0 Å². The number of carbonyl (C=O) groups is 1. The Bertz CT molecular complexity index is 86.9. The highest BCUT2D eigenvalue weighted by molar-refractivity contribution is 5.71. The van der Waals surface area contributed by atoms with Gasteiger partial charge in [-0.05, 0) is 6.92 Å². The summed E-state index contributed by atoms with van der Waals surface area (Å²) >= 11 is 0. The quantitative estimate of drug-likeness (QED) is 0.430. The van der Waals surface area contributed by atoms with Gasteiger partial charge in [0.15, 0.2) is 0 Å². The summed E-state index contributed by atoms with van der Waals surface area (Å²) in [7, 11) is 0. The molecule has 0 aliphatic rings. The van der Waals surface area contributed by atoms with Gasteiger partial charge < -0.3 is 5.73 Å². The molecule has 2 N–H and O–H groups in total. The Balaban J connectivity index is 0. The number of rotatable bonds is 1. The summed E-state index contributed by atoms with van der Waals surface area (Å²) in [6, 6.07) is 0. The van der Waals surface area contributed by atoms with Crippen LogP contribution in [0.5, 0.6) is 0 Å². The molecule has 9 heavy (non-hydrogen) atoms.